The van der Waals surface area contributed by atoms with Crippen molar-refractivity contribution < 1.29 is 4.74 Å². The van der Waals surface area contributed by atoms with E-state index in [1.807, 2.05) is 0 Å². The lowest BCUT2D eigenvalue weighted by atomic mass is 9.77. The molecule has 1 N–H and O–H groups in total. The maximum absolute atomic E-state index is 5.28. The molecule has 21 heavy (non-hydrogen) atoms. The first-order valence-electron chi connectivity index (χ1n) is 8.20. The number of ether oxygens (including phenoxy) is 1. The van der Waals surface area contributed by atoms with Gasteiger partial charge in [-0.2, -0.15) is 0 Å². The molecule has 116 valence electrons. The number of rotatable bonds is 2. The van der Waals surface area contributed by atoms with Gasteiger partial charge in [-0.3, -0.25) is 0 Å². The van der Waals surface area contributed by atoms with Gasteiger partial charge in [0, 0.05) is 29.9 Å². The molecule has 0 unspecified atom stereocenters. The maximum atomic E-state index is 5.28. The van der Waals surface area contributed by atoms with Gasteiger partial charge in [-0.15, -0.1) is 0 Å². The molecular weight excluding hydrogens is 260 g/mol. The predicted molar refractivity (Wildman–Crippen MR) is 88.2 cm³/mol. The molecule has 0 atom stereocenters. The van der Waals surface area contributed by atoms with E-state index in [2.05, 4.69) is 48.3 Å². The molecule has 1 aliphatic carbocycles. The highest BCUT2D eigenvalue weighted by atomic mass is 16.5. The third-order valence-corrected chi connectivity index (χ3v) is 4.93. The van der Waals surface area contributed by atoms with Crippen LogP contribution in [0, 0.1) is 0 Å². The normalized spacial score (nSPS) is 24.0. The highest BCUT2D eigenvalue weighted by Gasteiger charge is 2.43. The van der Waals surface area contributed by atoms with Gasteiger partial charge in [-0.05, 0) is 51.0 Å². The largest absolute Gasteiger partial charge is 0.497 e. The van der Waals surface area contributed by atoms with Gasteiger partial charge in [-0.25, -0.2) is 0 Å². The lowest BCUT2D eigenvalue weighted by Gasteiger charge is -2.53. The van der Waals surface area contributed by atoms with Crippen LogP contribution < -0.4 is 15.0 Å². The zero-order valence-electron chi connectivity index (χ0n) is 13.6. The average Bonchev–Trinajstić information content (AvgIpc) is 2.46. The summed E-state index contributed by atoms with van der Waals surface area (Å²) in [5.74, 6) is 0.931. The van der Waals surface area contributed by atoms with E-state index in [0.717, 1.165) is 18.8 Å². The van der Waals surface area contributed by atoms with Gasteiger partial charge in [0.05, 0.1) is 7.11 Å². The Kier molecular flexibility index (Phi) is 3.87. The van der Waals surface area contributed by atoms with E-state index in [0.29, 0.717) is 5.54 Å². The lowest BCUT2D eigenvalue weighted by Crippen LogP contribution is -2.69. The Morgan fingerprint density at radius 2 is 1.67 bits per heavy atom. The van der Waals surface area contributed by atoms with E-state index in [-0.39, 0.29) is 5.54 Å². The molecule has 3 heteroatoms. The van der Waals surface area contributed by atoms with Crippen LogP contribution >= 0.6 is 0 Å². The summed E-state index contributed by atoms with van der Waals surface area (Å²) in [5, 5.41) is 3.96. The van der Waals surface area contributed by atoms with Crippen LogP contribution in [0.4, 0.5) is 5.69 Å². The number of piperazine rings is 1. The molecule has 1 spiro atoms. The smallest absolute Gasteiger partial charge is 0.119 e. The quantitative estimate of drug-likeness (QED) is 0.900. The summed E-state index contributed by atoms with van der Waals surface area (Å²) >= 11 is 0. The second-order valence-electron chi connectivity index (χ2n) is 7.40. The zero-order valence-corrected chi connectivity index (χ0v) is 13.6. The number of benzene rings is 1. The Morgan fingerprint density at radius 3 is 2.29 bits per heavy atom. The highest BCUT2D eigenvalue weighted by molar-refractivity contribution is 5.50. The molecule has 1 heterocycles. The van der Waals surface area contributed by atoms with Gasteiger partial charge in [0.25, 0.3) is 0 Å². The van der Waals surface area contributed by atoms with Crippen molar-refractivity contribution in [2.75, 3.05) is 25.1 Å². The van der Waals surface area contributed by atoms with E-state index >= 15 is 0 Å². The third kappa shape index (κ3) is 3.18. The van der Waals surface area contributed by atoms with Crippen molar-refractivity contribution >= 4 is 5.69 Å². The van der Waals surface area contributed by atoms with Gasteiger partial charge < -0.3 is 15.0 Å². The standard InChI is InChI=1S/C18H28N2O/c1-17(2)13-20(15-7-9-16(21-3)10-8-15)14-18(19-17)11-5-4-6-12-18/h7-10,19H,4-6,11-14H2,1-3H3. The summed E-state index contributed by atoms with van der Waals surface area (Å²) in [6.07, 6.45) is 6.73. The molecule has 0 radical (unpaired) electrons. The molecule has 1 aromatic carbocycles. The summed E-state index contributed by atoms with van der Waals surface area (Å²) in [4.78, 5) is 2.56. The Bertz CT molecular complexity index is 474. The van der Waals surface area contributed by atoms with Gasteiger partial charge in [-0.1, -0.05) is 19.3 Å². The molecule has 2 aliphatic rings. The van der Waals surface area contributed by atoms with E-state index in [4.69, 9.17) is 4.74 Å². The van der Waals surface area contributed by atoms with Crippen LogP contribution in [0.5, 0.6) is 5.75 Å². The minimum absolute atomic E-state index is 0.162. The molecule has 1 saturated heterocycles. The molecule has 3 rings (SSSR count). The molecule has 1 aromatic rings. The van der Waals surface area contributed by atoms with Gasteiger partial charge in [0.2, 0.25) is 0 Å². The van der Waals surface area contributed by atoms with Crippen molar-refractivity contribution in [3.8, 4) is 5.75 Å². The number of hydrogen-bond donors (Lipinski definition) is 1. The van der Waals surface area contributed by atoms with Crippen molar-refractivity contribution in [3.63, 3.8) is 0 Å². The minimum atomic E-state index is 0.162. The Balaban J connectivity index is 1.83. The molecule has 1 saturated carbocycles. The Labute approximate surface area is 128 Å². The van der Waals surface area contributed by atoms with E-state index < -0.39 is 0 Å². The molecular formula is C18H28N2O. The number of nitrogens with zero attached hydrogens (tertiary/aromatic N) is 1. The molecule has 2 fully saturated rings. The number of nitrogens with one attached hydrogen (secondary N) is 1. The molecule has 3 nitrogen and oxygen atoms in total. The first kappa shape index (κ1) is 14.7. The van der Waals surface area contributed by atoms with Crippen LogP contribution in [0.25, 0.3) is 0 Å². The fraction of sp³-hybridized carbons (Fsp3) is 0.667. The molecule has 1 aliphatic heterocycles. The second kappa shape index (κ2) is 5.53. The SMILES string of the molecule is COc1ccc(N2CC(C)(C)NC3(CCCCC3)C2)cc1. The number of hydrogen-bond acceptors (Lipinski definition) is 3. The Morgan fingerprint density at radius 1 is 1.00 bits per heavy atom. The van der Waals surface area contributed by atoms with Gasteiger partial charge in [0.1, 0.15) is 5.75 Å². The number of anilines is 1. The fourth-order valence-electron chi connectivity index (χ4n) is 4.18. The van der Waals surface area contributed by atoms with Crippen molar-refractivity contribution in [1.82, 2.24) is 5.32 Å². The van der Waals surface area contributed by atoms with Gasteiger partial charge >= 0.3 is 0 Å². The van der Waals surface area contributed by atoms with E-state index in [9.17, 15) is 0 Å². The van der Waals surface area contributed by atoms with Crippen LogP contribution in [-0.2, 0) is 0 Å². The van der Waals surface area contributed by atoms with Crippen molar-refractivity contribution in [1.29, 1.82) is 0 Å². The number of methoxy groups -OCH3 is 1. The first-order chi connectivity index (χ1) is 10.0. The summed E-state index contributed by atoms with van der Waals surface area (Å²) in [6, 6.07) is 8.52. The second-order valence-corrected chi connectivity index (χ2v) is 7.40. The fourth-order valence-corrected chi connectivity index (χ4v) is 4.18. The summed E-state index contributed by atoms with van der Waals surface area (Å²) in [6.45, 7) is 6.85. The van der Waals surface area contributed by atoms with E-state index in [1.165, 1.54) is 37.8 Å². The highest BCUT2D eigenvalue weighted by Crippen LogP contribution is 2.36. The lowest BCUT2D eigenvalue weighted by molar-refractivity contribution is 0.146. The van der Waals surface area contributed by atoms with Crippen molar-refractivity contribution in [2.24, 2.45) is 0 Å². The van der Waals surface area contributed by atoms with Crippen LogP contribution in [0.15, 0.2) is 24.3 Å². The Hall–Kier alpha value is -1.22. The zero-order chi connectivity index (χ0) is 14.9. The summed E-state index contributed by atoms with van der Waals surface area (Å²) < 4.78 is 5.28. The summed E-state index contributed by atoms with van der Waals surface area (Å²) in [7, 11) is 1.72. The monoisotopic (exact) mass is 288 g/mol. The van der Waals surface area contributed by atoms with Crippen LogP contribution in [-0.4, -0.2) is 31.3 Å². The minimum Gasteiger partial charge on any atom is -0.497 e. The molecule has 0 amide bonds. The van der Waals surface area contributed by atoms with Crippen LogP contribution in [0.2, 0.25) is 0 Å². The first-order valence-corrected chi connectivity index (χ1v) is 8.20. The molecule has 0 aromatic heterocycles. The average molecular weight is 288 g/mol. The molecule has 0 bridgehead atoms. The predicted octanol–water partition coefficient (Wildman–Crippen LogP) is 3.59. The van der Waals surface area contributed by atoms with Crippen LogP contribution in [0.1, 0.15) is 46.0 Å². The summed E-state index contributed by atoms with van der Waals surface area (Å²) in [5.41, 5.74) is 1.78. The van der Waals surface area contributed by atoms with Crippen molar-refractivity contribution in [3.05, 3.63) is 24.3 Å². The van der Waals surface area contributed by atoms with Gasteiger partial charge in [0.15, 0.2) is 0 Å². The van der Waals surface area contributed by atoms with E-state index in [1.54, 1.807) is 7.11 Å². The maximum Gasteiger partial charge on any atom is 0.119 e. The third-order valence-electron chi connectivity index (χ3n) is 4.93. The van der Waals surface area contributed by atoms with Crippen molar-refractivity contribution in [2.45, 2.75) is 57.0 Å². The topological polar surface area (TPSA) is 24.5 Å². The van der Waals surface area contributed by atoms with Crippen LogP contribution in [0.3, 0.4) is 0 Å².